The van der Waals surface area contributed by atoms with Gasteiger partial charge in [0.25, 0.3) is 0 Å². The molecule has 102 valence electrons. The van der Waals surface area contributed by atoms with Crippen LogP contribution in [-0.4, -0.2) is 21.6 Å². The SMILES string of the molecule is CCCCCS(=O)CC(=O)Nc1ccc(C#N)cc1. The predicted octanol–water partition coefficient (Wildman–Crippen LogP) is 2.44. The van der Waals surface area contributed by atoms with Crippen molar-refractivity contribution in [2.45, 2.75) is 26.2 Å². The first-order valence-electron chi connectivity index (χ1n) is 6.30. The molecule has 1 N–H and O–H groups in total. The molecule has 1 amide bonds. The lowest BCUT2D eigenvalue weighted by Gasteiger charge is -2.05. The number of nitrogens with one attached hydrogen (secondary N) is 1. The monoisotopic (exact) mass is 278 g/mol. The third kappa shape index (κ3) is 6.16. The van der Waals surface area contributed by atoms with Crippen LogP contribution in [0.3, 0.4) is 0 Å². The van der Waals surface area contributed by atoms with Crippen LogP contribution in [0, 0.1) is 11.3 Å². The Labute approximate surface area is 116 Å². The molecule has 0 radical (unpaired) electrons. The third-order valence-corrected chi connectivity index (χ3v) is 3.89. The second kappa shape index (κ2) is 8.44. The third-order valence-electron chi connectivity index (χ3n) is 2.57. The second-order valence-corrected chi connectivity index (χ2v) is 5.81. The van der Waals surface area contributed by atoms with Crippen molar-refractivity contribution in [3.63, 3.8) is 0 Å². The zero-order chi connectivity index (χ0) is 14.1. The lowest BCUT2D eigenvalue weighted by molar-refractivity contribution is -0.113. The first-order chi connectivity index (χ1) is 9.15. The molecular formula is C14H18N2O2S. The lowest BCUT2D eigenvalue weighted by Crippen LogP contribution is -2.20. The molecule has 0 fully saturated rings. The topological polar surface area (TPSA) is 70.0 Å². The molecule has 0 bridgehead atoms. The van der Waals surface area contributed by atoms with Gasteiger partial charge in [0.2, 0.25) is 5.91 Å². The number of carbonyl (C=O) groups is 1. The number of anilines is 1. The minimum Gasteiger partial charge on any atom is -0.325 e. The van der Waals surface area contributed by atoms with Crippen LogP contribution >= 0.6 is 0 Å². The van der Waals surface area contributed by atoms with E-state index in [2.05, 4.69) is 12.2 Å². The Hall–Kier alpha value is -1.67. The highest BCUT2D eigenvalue weighted by Gasteiger charge is 2.08. The zero-order valence-corrected chi connectivity index (χ0v) is 11.8. The van der Waals surface area contributed by atoms with Crippen molar-refractivity contribution in [2.75, 3.05) is 16.8 Å². The summed E-state index contributed by atoms with van der Waals surface area (Å²) >= 11 is 0. The summed E-state index contributed by atoms with van der Waals surface area (Å²) in [6, 6.07) is 8.60. The van der Waals surface area contributed by atoms with E-state index in [1.807, 2.05) is 6.07 Å². The van der Waals surface area contributed by atoms with Crippen LogP contribution in [0.1, 0.15) is 31.7 Å². The zero-order valence-electron chi connectivity index (χ0n) is 11.0. The summed E-state index contributed by atoms with van der Waals surface area (Å²) in [5, 5.41) is 11.3. The quantitative estimate of drug-likeness (QED) is 0.779. The summed E-state index contributed by atoms with van der Waals surface area (Å²) in [6.07, 6.45) is 3.02. The van der Waals surface area contributed by atoms with Gasteiger partial charge in [-0.2, -0.15) is 5.26 Å². The van der Waals surface area contributed by atoms with Crippen LogP contribution in [-0.2, 0) is 15.6 Å². The summed E-state index contributed by atoms with van der Waals surface area (Å²) < 4.78 is 11.6. The number of benzene rings is 1. The molecule has 4 nitrogen and oxygen atoms in total. The Balaban J connectivity index is 2.38. The molecule has 0 aromatic heterocycles. The largest absolute Gasteiger partial charge is 0.325 e. The van der Waals surface area contributed by atoms with Crippen molar-refractivity contribution in [1.29, 1.82) is 5.26 Å². The molecular weight excluding hydrogens is 260 g/mol. The van der Waals surface area contributed by atoms with Crippen molar-refractivity contribution >= 4 is 22.4 Å². The van der Waals surface area contributed by atoms with E-state index in [1.54, 1.807) is 24.3 Å². The number of unbranched alkanes of at least 4 members (excludes halogenated alkanes) is 2. The van der Waals surface area contributed by atoms with Crippen LogP contribution in [0.4, 0.5) is 5.69 Å². The maximum Gasteiger partial charge on any atom is 0.236 e. The van der Waals surface area contributed by atoms with Gasteiger partial charge < -0.3 is 5.32 Å². The number of nitrogens with zero attached hydrogens (tertiary/aromatic N) is 1. The van der Waals surface area contributed by atoms with Crippen LogP contribution < -0.4 is 5.32 Å². The van der Waals surface area contributed by atoms with E-state index in [0.717, 1.165) is 19.3 Å². The second-order valence-electron chi connectivity index (χ2n) is 4.23. The molecule has 0 saturated carbocycles. The van der Waals surface area contributed by atoms with Crippen molar-refractivity contribution in [3.8, 4) is 6.07 Å². The highest BCUT2D eigenvalue weighted by Crippen LogP contribution is 2.08. The molecule has 1 atom stereocenters. The minimum absolute atomic E-state index is 0.0315. The van der Waals surface area contributed by atoms with Gasteiger partial charge in [-0.15, -0.1) is 0 Å². The van der Waals surface area contributed by atoms with Crippen molar-refractivity contribution in [3.05, 3.63) is 29.8 Å². The standard InChI is InChI=1S/C14H18N2O2S/c1-2-3-4-9-19(18)11-14(17)16-13-7-5-12(10-15)6-8-13/h5-8H,2-4,9,11H2,1H3,(H,16,17). The Bertz CT molecular complexity index is 477. The van der Waals surface area contributed by atoms with E-state index < -0.39 is 10.8 Å². The van der Waals surface area contributed by atoms with E-state index in [9.17, 15) is 9.00 Å². The maximum atomic E-state index is 11.6. The molecule has 1 unspecified atom stereocenters. The first-order valence-corrected chi connectivity index (χ1v) is 7.79. The number of hydrogen-bond donors (Lipinski definition) is 1. The van der Waals surface area contributed by atoms with E-state index in [-0.39, 0.29) is 11.7 Å². The fourth-order valence-electron chi connectivity index (χ4n) is 1.56. The van der Waals surface area contributed by atoms with Crippen LogP contribution in [0.2, 0.25) is 0 Å². The van der Waals surface area contributed by atoms with Gasteiger partial charge in [-0.3, -0.25) is 9.00 Å². The smallest absolute Gasteiger partial charge is 0.236 e. The van der Waals surface area contributed by atoms with Gasteiger partial charge in [0.15, 0.2) is 0 Å². The number of amides is 1. The van der Waals surface area contributed by atoms with Gasteiger partial charge in [0.05, 0.1) is 11.6 Å². The number of nitriles is 1. The van der Waals surface area contributed by atoms with Gasteiger partial charge in [-0.1, -0.05) is 19.8 Å². The molecule has 0 heterocycles. The summed E-state index contributed by atoms with van der Waals surface area (Å²) in [5.41, 5.74) is 1.16. The summed E-state index contributed by atoms with van der Waals surface area (Å²) in [5.74, 6) is 0.359. The fourth-order valence-corrected chi connectivity index (χ4v) is 2.59. The molecule has 19 heavy (non-hydrogen) atoms. The molecule has 0 aliphatic carbocycles. The fraction of sp³-hybridized carbons (Fsp3) is 0.429. The van der Waals surface area contributed by atoms with E-state index >= 15 is 0 Å². The molecule has 5 heteroatoms. The van der Waals surface area contributed by atoms with Gasteiger partial charge >= 0.3 is 0 Å². The Morgan fingerprint density at radius 2 is 2.00 bits per heavy atom. The molecule has 0 aliphatic heterocycles. The van der Waals surface area contributed by atoms with Crippen molar-refractivity contribution in [2.24, 2.45) is 0 Å². The van der Waals surface area contributed by atoms with Crippen molar-refractivity contribution in [1.82, 2.24) is 0 Å². The van der Waals surface area contributed by atoms with Crippen LogP contribution in [0.5, 0.6) is 0 Å². The van der Waals surface area contributed by atoms with Gasteiger partial charge in [-0.05, 0) is 30.7 Å². The summed E-state index contributed by atoms with van der Waals surface area (Å²) in [7, 11) is -1.10. The number of hydrogen-bond acceptors (Lipinski definition) is 3. The average molecular weight is 278 g/mol. The van der Waals surface area contributed by atoms with Crippen molar-refractivity contribution < 1.29 is 9.00 Å². The van der Waals surface area contributed by atoms with Gasteiger partial charge in [-0.25, -0.2) is 0 Å². The molecule has 1 rings (SSSR count). The Morgan fingerprint density at radius 3 is 2.58 bits per heavy atom. The average Bonchev–Trinajstić information content (AvgIpc) is 2.39. The normalized spacial score (nSPS) is 11.6. The summed E-state index contributed by atoms with van der Waals surface area (Å²) in [4.78, 5) is 11.6. The van der Waals surface area contributed by atoms with E-state index in [4.69, 9.17) is 5.26 Å². The molecule has 0 saturated heterocycles. The molecule has 1 aromatic carbocycles. The maximum absolute atomic E-state index is 11.6. The minimum atomic E-state index is -1.10. The molecule has 0 aliphatic rings. The molecule has 1 aromatic rings. The van der Waals surface area contributed by atoms with E-state index in [0.29, 0.717) is 17.0 Å². The van der Waals surface area contributed by atoms with Crippen LogP contribution in [0.25, 0.3) is 0 Å². The number of carbonyl (C=O) groups excluding carboxylic acids is 1. The Kier molecular flexibility index (Phi) is 6.83. The first kappa shape index (κ1) is 15.4. The van der Waals surface area contributed by atoms with E-state index in [1.165, 1.54) is 0 Å². The lowest BCUT2D eigenvalue weighted by atomic mass is 10.2. The Morgan fingerprint density at radius 1 is 1.32 bits per heavy atom. The van der Waals surface area contributed by atoms with Crippen LogP contribution in [0.15, 0.2) is 24.3 Å². The molecule has 0 spiro atoms. The number of rotatable bonds is 7. The highest BCUT2D eigenvalue weighted by molar-refractivity contribution is 7.85. The van der Waals surface area contributed by atoms with Gasteiger partial charge in [0.1, 0.15) is 5.75 Å². The summed E-state index contributed by atoms with van der Waals surface area (Å²) in [6.45, 7) is 2.08. The predicted molar refractivity (Wildman–Crippen MR) is 77.2 cm³/mol. The van der Waals surface area contributed by atoms with Gasteiger partial charge in [0, 0.05) is 22.2 Å². The highest BCUT2D eigenvalue weighted by atomic mass is 32.2.